The third-order valence-electron chi connectivity index (χ3n) is 4.57. The van der Waals surface area contributed by atoms with E-state index in [0.29, 0.717) is 11.1 Å². The van der Waals surface area contributed by atoms with Gasteiger partial charge in [-0.15, -0.1) is 0 Å². The molecule has 0 bridgehead atoms. The van der Waals surface area contributed by atoms with Crippen molar-refractivity contribution in [1.29, 1.82) is 0 Å². The van der Waals surface area contributed by atoms with Crippen molar-refractivity contribution in [1.82, 2.24) is 0 Å². The van der Waals surface area contributed by atoms with Gasteiger partial charge in [-0.05, 0) is 67.9 Å². The quantitative estimate of drug-likeness (QED) is 0.580. The maximum Gasteiger partial charge on any atom is 0.258 e. The molecule has 3 aromatic rings. The molecule has 0 aromatic heterocycles. The molecule has 0 spiro atoms. The zero-order valence-corrected chi connectivity index (χ0v) is 18.2. The van der Waals surface area contributed by atoms with Gasteiger partial charge < -0.3 is 10.2 Å². The second-order valence-corrected chi connectivity index (χ2v) is 9.71. The van der Waals surface area contributed by atoms with Crippen LogP contribution in [0.15, 0.2) is 78.9 Å². The Morgan fingerprint density at radius 2 is 1.43 bits per heavy atom. The highest BCUT2D eigenvalue weighted by molar-refractivity contribution is 7.89. The number of nitrogens with one attached hydrogen (secondary N) is 1. The first-order chi connectivity index (χ1) is 14.2. The summed E-state index contributed by atoms with van der Waals surface area (Å²) in [6, 6.07) is 24.3. The normalized spacial score (nSPS) is 11.3. The van der Waals surface area contributed by atoms with Crippen LogP contribution in [0.3, 0.4) is 0 Å². The largest absolute Gasteiger partial charge is 0.356 e. The molecule has 0 fully saturated rings. The molecule has 3 rings (SSSR count). The van der Waals surface area contributed by atoms with Gasteiger partial charge in [-0.25, -0.2) is 8.42 Å². The summed E-state index contributed by atoms with van der Waals surface area (Å²) in [7, 11) is -3.11. The second-order valence-electron chi connectivity index (χ2n) is 7.57. The lowest BCUT2D eigenvalue weighted by atomic mass is 10.1. The Bertz CT molecular complexity index is 1090. The van der Waals surface area contributed by atoms with Crippen LogP contribution in [0.2, 0.25) is 0 Å². The molecule has 1 amide bonds. The summed E-state index contributed by atoms with van der Waals surface area (Å²) in [5.74, 6) is -0.162. The molecule has 0 radical (unpaired) electrons. The number of carbonyl (C=O) groups is 1. The van der Waals surface area contributed by atoms with Crippen LogP contribution in [0.25, 0.3) is 0 Å². The standard InChI is InChI=1S/C24H26N2O3S/c1-18(2)26(24(27)20-11-9-19(10-12-20)17-30(3,28)29)23-15-13-22(14-16-23)25-21-7-5-4-6-8-21/h4-16,18,25H,17H2,1-3H3. The number of hydrogen-bond acceptors (Lipinski definition) is 4. The maximum absolute atomic E-state index is 13.2. The third-order valence-corrected chi connectivity index (χ3v) is 5.43. The Balaban J connectivity index is 1.78. The van der Waals surface area contributed by atoms with E-state index >= 15 is 0 Å². The molecule has 156 valence electrons. The van der Waals surface area contributed by atoms with E-state index in [9.17, 15) is 13.2 Å². The van der Waals surface area contributed by atoms with Crippen molar-refractivity contribution >= 4 is 32.8 Å². The Kier molecular flexibility index (Phi) is 6.57. The number of para-hydroxylation sites is 1. The highest BCUT2D eigenvalue weighted by Crippen LogP contribution is 2.24. The fourth-order valence-corrected chi connectivity index (χ4v) is 4.03. The minimum absolute atomic E-state index is 0.0365. The summed E-state index contributed by atoms with van der Waals surface area (Å²) in [5.41, 5.74) is 3.92. The molecular weight excluding hydrogens is 396 g/mol. The lowest BCUT2D eigenvalue weighted by molar-refractivity contribution is 0.0980. The van der Waals surface area contributed by atoms with Gasteiger partial charge in [-0.2, -0.15) is 0 Å². The number of sulfone groups is 1. The van der Waals surface area contributed by atoms with Crippen molar-refractivity contribution in [2.45, 2.75) is 25.6 Å². The summed E-state index contributed by atoms with van der Waals surface area (Å²) in [5, 5.41) is 3.33. The molecule has 6 heteroatoms. The first-order valence-electron chi connectivity index (χ1n) is 9.75. The molecule has 0 heterocycles. The molecule has 30 heavy (non-hydrogen) atoms. The monoisotopic (exact) mass is 422 g/mol. The number of hydrogen-bond donors (Lipinski definition) is 1. The Labute approximate surface area is 178 Å². The van der Waals surface area contributed by atoms with E-state index in [0.717, 1.165) is 17.1 Å². The summed E-state index contributed by atoms with van der Waals surface area (Å²) in [4.78, 5) is 14.9. The highest BCUT2D eigenvalue weighted by Gasteiger charge is 2.21. The number of nitrogens with zero attached hydrogens (tertiary/aromatic N) is 1. The van der Waals surface area contributed by atoms with Gasteiger partial charge in [0.1, 0.15) is 0 Å². The Hall–Kier alpha value is -3.12. The molecule has 1 N–H and O–H groups in total. The summed E-state index contributed by atoms with van der Waals surface area (Å²) >= 11 is 0. The van der Waals surface area contributed by atoms with Gasteiger partial charge in [-0.3, -0.25) is 4.79 Å². The Morgan fingerprint density at radius 1 is 0.867 bits per heavy atom. The van der Waals surface area contributed by atoms with Crippen molar-refractivity contribution in [3.05, 3.63) is 90.0 Å². The van der Waals surface area contributed by atoms with Crippen molar-refractivity contribution in [3.8, 4) is 0 Å². The molecule has 0 unspecified atom stereocenters. The molecule has 0 aliphatic heterocycles. The molecule has 3 aromatic carbocycles. The third kappa shape index (κ3) is 5.70. The van der Waals surface area contributed by atoms with E-state index in [1.807, 2.05) is 68.4 Å². The van der Waals surface area contributed by atoms with E-state index in [1.165, 1.54) is 6.26 Å². The second kappa shape index (κ2) is 9.13. The smallest absolute Gasteiger partial charge is 0.258 e. The van der Waals surface area contributed by atoms with Crippen LogP contribution in [-0.4, -0.2) is 26.6 Å². The van der Waals surface area contributed by atoms with E-state index < -0.39 is 9.84 Å². The van der Waals surface area contributed by atoms with Gasteiger partial charge in [0.25, 0.3) is 5.91 Å². The predicted molar refractivity (Wildman–Crippen MR) is 123 cm³/mol. The van der Waals surface area contributed by atoms with E-state index in [2.05, 4.69) is 5.32 Å². The van der Waals surface area contributed by atoms with Crippen LogP contribution in [0.1, 0.15) is 29.8 Å². The van der Waals surface area contributed by atoms with E-state index in [1.54, 1.807) is 29.2 Å². The zero-order chi connectivity index (χ0) is 21.7. The van der Waals surface area contributed by atoms with Gasteiger partial charge in [-0.1, -0.05) is 30.3 Å². The van der Waals surface area contributed by atoms with Gasteiger partial charge in [0.15, 0.2) is 9.84 Å². The van der Waals surface area contributed by atoms with Crippen molar-refractivity contribution in [3.63, 3.8) is 0 Å². The van der Waals surface area contributed by atoms with Gasteiger partial charge >= 0.3 is 0 Å². The lowest BCUT2D eigenvalue weighted by Crippen LogP contribution is -2.37. The topological polar surface area (TPSA) is 66.5 Å². The van der Waals surface area contributed by atoms with Crippen LogP contribution < -0.4 is 10.2 Å². The van der Waals surface area contributed by atoms with Crippen molar-refractivity contribution in [2.75, 3.05) is 16.5 Å². The van der Waals surface area contributed by atoms with E-state index in [4.69, 9.17) is 0 Å². The average Bonchev–Trinajstić information content (AvgIpc) is 2.69. The van der Waals surface area contributed by atoms with Crippen molar-refractivity contribution in [2.24, 2.45) is 0 Å². The number of amides is 1. The average molecular weight is 423 g/mol. The number of rotatable bonds is 7. The highest BCUT2D eigenvalue weighted by atomic mass is 32.2. The molecule has 0 aliphatic rings. The van der Waals surface area contributed by atoms with Crippen LogP contribution in [0, 0.1) is 0 Å². The molecule has 0 atom stereocenters. The van der Waals surface area contributed by atoms with Crippen LogP contribution in [-0.2, 0) is 15.6 Å². The predicted octanol–water partition coefficient (Wildman–Crippen LogP) is 5.03. The van der Waals surface area contributed by atoms with Crippen LogP contribution in [0.4, 0.5) is 17.1 Å². The number of carbonyl (C=O) groups excluding carboxylic acids is 1. The maximum atomic E-state index is 13.2. The lowest BCUT2D eigenvalue weighted by Gasteiger charge is -2.27. The van der Waals surface area contributed by atoms with E-state index in [-0.39, 0.29) is 17.7 Å². The van der Waals surface area contributed by atoms with Gasteiger partial charge in [0, 0.05) is 34.9 Å². The minimum Gasteiger partial charge on any atom is -0.356 e. The van der Waals surface area contributed by atoms with Gasteiger partial charge in [0.2, 0.25) is 0 Å². The molecular formula is C24H26N2O3S. The zero-order valence-electron chi connectivity index (χ0n) is 17.4. The minimum atomic E-state index is -3.11. The fraction of sp³-hybridized carbons (Fsp3) is 0.208. The fourth-order valence-electron chi connectivity index (χ4n) is 3.23. The SMILES string of the molecule is CC(C)N(C(=O)c1ccc(CS(C)(=O)=O)cc1)c1ccc(Nc2ccccc2)cc1. The number of anilines is 3. The molecule has 0 saturated carbocycles. The number of benzene rings is 3. The van der Waals surface area contributed by atoms with Crippen LogP contribution in [0.5, 0.6) is 0 Å². The molecule has 0 aliphatic carbocycles. The summed E-state index contributed by atoms with van der Waals surface area (Å²) in [6.07, 6.45) is 1.20. The summed E-state index contributed by atoms with van der Waals surface area (Å²) < 4.78 is 22.9. The first-order valence-corrected chi connectivity index (χ1v) is 11.8. The first kappa shape index (κ1) is 21.6. The van der Waals surface area contributed by atoms with Gasteiger partial charge in [0.05, 0.1) is 5.75 Å². The van der Waals surface area contributed by atoms with Crippen molar-refractivity contribution < 1.29 is 13.2 Å². The molecule has 0 saturated heterocycles. The Morgan fingerprint density at radius 3 is 1.97 bits per heavy atom. The molecule has 5 nitrogen and oxygen atoms in total. The summed E-state index contributed by atoms with van der Waals surface area (Å²) in [6.45, 7) is 3.93. The van der Waals surface area contributed by atoms with Crippen LogP contribution >= 0.6 is 0 Å².